The lowest BCUT2D eigenvalue weighted by atomic mass is 10.0. The van der Waals surface area contributed by atoms with Crippen LogP contribution in [0, 0.1) is 0 Å². The molecule has 2 heteroatoms. The van der Waals surface area contributed by atoms with E-state index in [4.69, 9.17) is 5.73 Å². The molecule has 1 rings (SSSR count). The summed E-state index contributed by atoms with van der Waals surface area (Å²) in [4.78, 5) is 11.3. The monoisotopic (exact) mass is 175 g/mol. The van der Waals surface area contributed by atoms with Gasteiger partial charge in [-0.15, -0.1) is 0 Å². The maximum absolute atomic E-state index is 11.3. The van der Waals surface area contributed by atoms with Gasteiger partial charge in [0.05, 0.1) is 6.04 Å². The molecule has 2 nitrogen and oxygen atoms in total. The van der Waals surface area contributed by atoms with Gasteiger partial charge in [-0.05, 0) is 18.6 Å². The number of benzene rings is 1. The van der Waals surface area contributed by atoms with Crippen molar-refractivity contribution >= 4 is 5.78 Å². The Morgan fingerprint density at radius 3 is 2.54 bits per heavy atom. The molecule has 13 heavy (non-hydrogen) atoms. The lowest BCUT2D eigenvalue weighted by molar-refractivity contribution is -0.115. The van der Waals surface area contributed by atoms with Crippen LogP contribution in [0.5, 0.6) is 0 Å². The molecule has 0 aliphatic heterocycles. The Hall–Kier alpha value is -1.41. The van der Waals surface area contributed by atoms with Crippen LogP contribution in [0.3, 0.4) is 0 Å². The Morgan fingerprint density at radius 1 is 1.38 bits per heavy atom. The van der Waals surface area contributed by atoms with E-state index < -0.39 is 6.04 Å². The van der Waals surface area contributed by atoms with Crippen molar-refractivity contribution in [2.24, 2.45) is 5.73 Å². The average Bonchev–Trinajstić information content (AvgIpc) is 2.18. The Labute approximate surface area is 78.1 Å². The maximum atomic E-state index is 11.3. The lowest BCUT2D eigenvalue weighted by Gasteiger charge is -2.07. The van der Waals surface area contributed by atoms with Gasteiger partial charge in [0.25, 0.3) is 0 Å². The molecule has 0 bridgehead atoms. The average molecular weight is 175 g/mol. The smallest absolute Gasteiger partial charge is 0.176 e. The molecular weight excluding hydrogens is 162 g/mol. The molecule has 0 aliphatic carbocycles. The fourth-order valence-corrected chi connectivity index (χ4v) is 1.09. The molecule has 0 spiro atoms. The Morgan fingerprint density at radius 2 is 2.00 bits per heavy atom. The van der Waals surface area contributed by atoms with Crippen LogP contribution in [-0.4, -0.2) is 5.78 Å². The number of carbonyl (C=O) groups is 1. The highest BCUT2D eigenvalue weighted by Crippen LogP contribution is 2.10. The first-order valence-electron chi connectivity index (χ1n) is 4.22. The molecule has 2 N–H and O–H groups in total. The fraction of sp³-hybridized carbons (Fsp3) is 0.182. The second-order valence-corrected chi connectivity index (χ2v) is 2.79. The highest BCUT2D eigenvalue weighted by molar-refractivity contribution is 5.94. The first-order valence-corrected chi connectivity index (χ1v) is 4.22. The van der Waals surface area contributed by atoms with Crippen molar-refractivity contribution in [1.82, 2.24) is 0 Å². The standard InChI is InChI=1S/C11H13NO/c1-2-6-10(13)11(12)9-7-4-3-5-8-9/h2-8,11H,12H2,1H3. The molecule has 1 aromatic rings. The van der Waals surface area contributed by atoms with Crippen molar-refractivity contribution in [2.75, 3.05) is 0 Å². The van der Waals surface area contributed by atoms with Crippen molar-refractivity contribution < 1.29 is 4.79 Å². The number of carbonyl (C=O) groups excluding carboxylic acids is 1. The van der Waals surface area contributed by atoms with Gasteiger partial charge in [-0.25, -0.2) is 0 Å². The highest BCUT2D eigenvalue weighted by Gasteiger charge is 2.11. The van der Waals surface area contributed by atoms with E-state index in [1.54, 1.807) is 13.0 Å². The zero-order valence-corrected chi connectivity index (χ0v) is 7.60. The molecule has 0 fully saturated rings. The lowest BCUT2D eigenvalue weighted by Crippen LogP contribution is -2.19. The predicted molar refractivity (Wildman–Crippen MR) is 53.2 cm³/mol. The summed E-state index contributed by atoms with van der Waals surface area (Å²) in [6.45, 7) is 1.80. The first kappa shape index (κ1) is 9.68. The summed E-state index contributed by atoms with van der Waals surface area (Å²) in [6, 6.07) is 8.82. The van der Waals surface area contributed by atoms with Crippen LogP contribution in [0.2, 0.25) is 0 Å². The summed E-state index contributed by atoms with van der Waals surface area (Å²) in [5.41, 5.74) is 6.58. The van der Waals surface area contributed by atoms with Crippen molar-refractivity contribution in [3.05, 3.63) is 48.0 Å². The molecule has 0 aromatic heterocycles. The number of rotatable bonds is 3. The Kier molecular flexibility index (Phi) is 3.41. The minimum absolute atomic E-state index is 0.0614. The van der Waals surface area contributed by atoms with Crippen molar-refractivity contribution in [3.63, 3.8) is 0 Å². The molecule has 0 aliphatic rings. The summed E-state index contributed by atoms with van der Waals surface area (Å²) in [5.74, 6) is -0.0614. The summed E-state index contributed by atoms with van der Waals surface area (Å²) in [6.07, 6.45) is 3.20. The highest BCUT2D eigenvalue weighted by atomic mass is 16.1. The van der Waals surface area contributed by atoms with Gasteiger partial charge >= 0.3 is 0 Å². The van der Waals surface area contributed by atoms with Gasteiger partial charge in [0.15, 0.2) is 5.78 Å². The zero-order valence-electron chi connectivity index (χ0n) is 7.60. The van der Waals surface area contributed by atoms with E-state index in [1.165, 1.54) is 6.08 Å². The second-order valence-electron chi connectivity index (χ2n) is 2.79. The topological polar surface area (TPSA) is 43.1 Å². The minimum Gasteiger partial charge on any atom is -0.318 e. The van der Waals surface area contributed by atoms with Crippen LogP contribution in [0.25, 0.3) is 0 Å². The quantitative estimate of drug-likeness (QED) is 0.712. The maximum Gasteiger partial charge on any atom is 0.176 e. The Balaban J connectivity index is 2.79. The van der Waals surface area contributed by atoms with E-state index in [0.717, 1.165) is 5.56 Å². The fourth-order valence-electron chi connectivity index (χ4n) is 1.09. The van der Waals surface area contributed by atoms with E-state index in [0.29, 0.717) is 0 Å². The number of hydrogen-bond acceptors (Lipinski definition) is 2. The summed E-state index contributed by atoms with van der Waals surface area (Å²) in [7, 11) is 0. The molecule has 0 saturated heterocycles. The third-order valence-electron chi connectivity index (χ3n) is 1.80. The molecule has 0 heterocycles. The number of allylic oxidation sites excluding steroid dienone is 1. The van der Waals surface area contributed by atoms with Gasteiger partial charge in [-0.1, -0.05) is 36.4 Å². The number of hydrogen-bond donors (Lipinski definition) is 1. The van der Waals surface area contributed by atoms with Crippen molar-refractivity contribution in [1.29, 1.82) is 0 Å². The van der Waals surface area contributed by atoms with E-state index in [9.17, 15) is 4.79 Å². The number of ketones is 1. The summed E-state index contributed by atoms with van der Waals surface area (Å²) < 4.78 is 0. The zero-order chi connectivity index (χ0) is 9.68. The Bertz CT molecular complexity index is 303. The van der Waals surface area contributed by atoms with E-state index in [2.05, 4.69) is 0 Å². The van der Waals surface area contributed by atoms with E-state index in [-0.39, 0.29) is 5.78 Å². The molecule has 68 valence electrons. The summed E-state index contributed by atoms with van der Waals surface area (Å²) >= 11 is 0. The van der Waals surface area contributed by atoms with Gasteiger partial charge < -0.3 is 5.73 Å². The van der Waals surface area contributed by atoms with Crippen LogP contribution >= 0.6 is 0 Å². The van der Waals surface area contributed by atoms with Crippen LogP contribution in [-0.2, 0) is 4.79 Å². The largest absolute Gasteiger partial charge is 0.318 e. The second kappa shape index (κ2) is 4.58. The molecule has 0 radical (unpaired) electrons. The van der Waals surface area contributed by atoms with Crippen molar-refractivity contribution in [2.45, 2.75) is 13.0 Å². The van der Waals surface area contributed by atoms with Crippen LogP contribution in [0.15, 0.2) is 42.5 Å². The van der Waals surface area contributed by atoms with Crippen molar-refractivity contribution in [3.8, 4) is 0 Å². The molecule has 1 atom stereocenters. The molecule has 1 unspecified atom stereocenters. The third-order valence-corrected chi connectivity index (χ3v) is 1.80. The molecule has 1 aromatic carbocycles. The predicted octanol–water partition coefficient (Wildman–Crippen LogP) is 1.83. The first-order chi connectivity index (χ1) is 6.25. The minimum atomic E-state index is -0.530. The molecular formula is C11H13NO. The van der Waals surface area contributed by atoms with E-state index in [1.807, 2.05) is 30.3 Å². The van der Waals surface area contributed by atoms with Gasteiger partial charge in [-0.3, -0.25) is 4.79 Å². The van der Waals surface area contributed by atoms with Crippen LogP contribution in [0.4, 0.5) is 0 Å². The third kappa shape index (κ3) is 2.53. The molecule has 0 saturated carbocycles. The van der Waals surface area contributed by atoms with E-state index >= 15 is 0 Å². The normalized spacial score (nSPS) is 13.1. The van der Waals surface area contributed by atoms with Gasteiger partial charge in [0.2, 0.25) is 0 Å². The SMILES string of the molecule is CC=CC(=O)C(N)c1ccccc1. The van der Waals surface area contributed by atoms with Gasteiger partial charge in [-0.2, -0.15) is 0 Å². The van der Waals surface area contributed by atoms with Crippen LogP contribution in [0.1, 0.15) is 18.5 Å². The van der Waals surface area contributed by atoms with Crippen LogP contribution < -0.4 is 5.73 Å². The van der Waals surface area contributed by atoms with Gasteiger partial charge in [0.1, 0.15) is 0 Å². The van der Waals surface area contributed by atoms with Gasteiger partial charge in [0, 0.05) is 0 Å². The number of nitrogens with two attached hydrogens (primary N) is 1. The summed E-state index contributed by atoms with van der Waals surface area (Å²) in [5, 5.41) is 0. The molecule has 0 amide bonds.